The van der Waals surface area contributed by atoms with Crippen LogP contribution in [0.15, 0.2) is 47.1 Å². The van der Waals surface area contributed by atoms with Gasteiger partial charge in [0, 0.05) is 11.1 Å². The lowest BCUT2D eigenvalue weighted by atomic mass is 10.1. The number of aliphatic hydroxyl groups excluding tert-OH is 1. The van der Waals surface area contributed by atoms with Gasteiger partial charge in [-0.15, -0.1) is 0 Å². The van der Waals surface area contributed by atoms with Gasteiger partial charge in [0.1, 0.15) is 11.5 Å². The van der Waals surface area contributed by atoms with E-state index in [2.05, 4.69) is 0 Å². The molecular weight excluding hydrogens is 256 g/mol. The zero-order valence-electron chi connectivity index (χ0n) is 9.13. The fourth-order valence-electron chi connectivity index (χ4n) is 1.41. The van der Waals surface area contributed by atoms with Crippen molar-refractivity contribution in [3.8, 4) is 5.75 Å². The molecule has 0 saturated heterocycles. The molecular formula is C13H9ClO4. The molecule has 2 aromatic rings. The Morgan fingerprint density at radius 1 is 1.33 bits per heavy atom. The molecule has 1 aromatic carbocycles. The zero-order valence-corrected chi connectivity index (χ0v) is 9.89. The van der Waals surface area contributed by atoms with Crippen LogP contribution in [0.4, 0.5) is 0 Å². The number of hydrogen-bond acceptors (Lipinski definition) is 4. The second-order valence-corrected chi connectivity index (χ2v) is 3.97. The number of aliphatic hydroxyl groups is 1. The van der Waals surface area contributed by atoms with E-state index in [1.54, 1.807) is 6.07 Å². The molecule has 0 unspecified atom stereocenters. The first-order valence-electron chi connectivity index (χ1n) is 5.05. The van der Waals surface area contributed by atoms with E-state index in [4.69, 9.17) is 16.0 Å². The van der Waals surface area contributed by atoms with Crippen LogP contribution in [0, 0.1) is 0 Å². The summed E-state index contributed by atoms with van der Waals surface area (Å²) in [6.07, 6.45) is 2.32. The number of rotatable bonds is 3. The second kappa shape index (κ2) is 4.98. The van der Waals surface area contributed by atoms with Gasteiger partial charge in [0.2, 0.25) is 5.78 Å². The Labute approximate surface area is 108 Å². The molecule has 0 fully saturated rings. The molecule has 18 heavy (non-hydrogen) atoms. The monoisotopic (exact) mass is 264 g/mol. The summed E-state index contributed by atoms with van der Waals surface area (Å²) in [6.45, 7) is 0. The van der Waals surface area contributed by atoms with Crippen LogP contribution in [0.25, 0.3) is 5.76 Å². The van der Waals surface area contributed by atoms with Crippen molar-refractivity contribution in [1.29, 1.82) is 0 Å². The van der Waals surface area contributed by atoms with Crippen molar-refractivity contribution in [2.45, 2.75) is 0 Å². The molecule has 0 bridgehead atoms. The molecule has 0 radical (unpaired) electrons. The number of benzene rings is 1. The molecule has 2 N–H and O–H groups in total. The lowest BCUT2D eigenvalue weighted by Gasteiger charge is -2.03. The van der Waals surface area contributed by atoms with Crippen molar-refractivity contribution < 1.29 is 19.4 Å². The summed E-state index contributed by atoms with van der Waals surface area (Å²) in [5.74, 6) is -0.947. The third-order valence-corrected chi connectivity index (χ3v) is 2.50. The van der Waals surface area contributed by atoms with Gasteiger partial charge in [-0.2, -0.15) is 0 Å². The average molecular weight is 265 g/mol. The predicted octanol–water partition coefficient (Wildman–Crippen LogP) is 3.42. The fourth-order valence-corrected chi connectivity index (χ4v) is 1.58. The standard InChI is InChI=1S/C13H9ClO4/c14-8-3-4-10(15)9(6-8)11(16)7-12(17)13-2-1-5-18-13/h1-7,15-16H. The summed E-state index contributed by atoms with van der Waals surface area (Å²) >= 11 is 5.74. The van der Waals surface area contributed by atoms with Gasteiger partial charge >= 0.3 is 0 Å². The van der Waals surface area contributed by atoms with Crippen molar-refractivity contribution in [2.75, 3.05) is 0 Å². The minimum atomic E-state index is -0.503. The minimum absolute atomic E-state index is 0.0856. The molecule has 0 atom stereocenters. The highest BCUT2D eigenvalue weighted by molar-refractivity contribution is 6.30. The largest absolute Gasteiger partial charge is 0.507 e. The molecule has 0 saturated carbocycles. The van der Waals surface area contributed by atoms with Crippen molar-refractivity contribution in [3.63, 3.8) is 0 Å². The molecule has 2 rings (SSSR count). The number of carbonyl (C=O) groups excluding carboxylic acids is 1. The number of furan rings is 1. The van der Waals surface area contributed by atoms with Crippen LogP contribution in [0.1, 0.15) is 16.1 Å². The number of carbonyl (C=O) groups is 1. The number of ketones is 1. The molecule has 1 aromatic heterocycles. The number of aromatic hydroxyl groups is 1. The lowest BCUT2D eigenvalue weighted by Crippen LogP contribution is -1.94. The van der Waals surface area contributed by atoms with Crippen molar-refractivity contribution >= 4 is 23.1 Å². The first-order chi connectivity index (χ1) is 8.58. The van der Waals surface area contributed by atoms with E-state index in [0.29, 0.717) is 5.02 Å². The number of halogens is 1. The van der Waals surface area contributed by atoms with Crippen LogP contribution in [0.2, 0.25) is 5.02 Å². The first kappa shape index (κ1) is 12.3. The third-order valence-electron chi connectivity index (χ3n) is 2.27. The van der Waals surface area contributed by atoms with Crippen LogP contribution >= 0.6 is 11.6 Å². The minimum Gasteiger partial charge on any atom is -0.507 e. The van der Waals surface area contributed by atoms with Gasteiger partial charge in [-0.3, -0.25) is 4.79 Å². The fraction of sp³-hybridized carbons (Fsp3) is 0. The summed E-state index contributed by atoms with van der Waals surface area (Å²) in [6, 6.07) is 7.21. The Balaban J connectivity index is 2.33. The first-order valence-corrected chi connectivity index (χ1v) is 5.43. The molecule has 0 aliphatic rings. The molecule has 4 nitrogen and oxygen atoms in total. The molecule has 92 valence electrons. The molecule has 0 aliphatic heterocycles. The highest BCUT2D eigenvalue weighted by Crippen LogP contribution is 2.27. The summed E-state index contributed by atoms with van der Waals surface area (Å²) in [4.78, 5) is 11.6. The number of hydrogen-bond donors (Lipinski definition) is 2. The number of allylic oxidation sites excluding steroid dienone is 1. The highest BCUT2D eigenvalue weighted by Gasteiger charge is 2.11. The maximum Gasteiger partial charge on any atom is 0.224 e. The highest BCUT2D eigenvalue weighted by atomic mass is 35.5. The van der Waals surface area contributed by atoms with E-state index in [9.17, 15) is 15.0 Å². The second-order valence-electron chi connectivity index (χ2n) is 3.53. The van der Waals surface area contributed by atoms with Crippen molar-refractivity contribution in [1.82, 2.24) is 0 Å². The maximum atomic E-state index is 11.6. The van der Waals surface area contributed by atoms with Gasteiger partial charge in [0.05, 0.1) is 11.8 Å². The SMILES string of the molecule is O=C(C=C(O)c1cc(Cl)ccc1O)c1ccco1. The molecule has 0 aliphatic carbocycles. The van der Waals surface area contributed by atoms with Gasteiger partial charge < -0.3 is 14.6 Å². The van der Waals surface area contributed by atoms with E-state index >= 15 is 0 Å². The van der Waals surface area contributed by atoms with E-state index in [-0.39, 0.29) is 22.8 Å². The van der Waals surface area contributed by atoms with Crippen molar-refractivity contribution in [2.24, 2.45) is 0 Å². The quantitative estimate of drug-likeness (QED) is 0.506. The Morgan fingerprint density at radius 2 is 2.11 bits per heavy atom. The average Bonchev–Trinajstić information content (AvgIpc) is 2.85. The van der Waals surface area contributed by atoms with Gasteiger partial charge in [-0.05, 0) is 30.3 Å². The Morgan fingerprint density at radius 3 is 2.78 bits per heavy atom. The third kappa shape index (κ3) is 2.55. The molecule has 5 heteroatoms. The Bertz CT molecular complexity index is 599. The van der Waals surface area contributed by atoms with Crippen LogP contribution in [0.5, 0.6) is 5.75 Å². The topological polar surface area (TPSA) is 70.7 Å². The van der Waals surface area contributed by atoms with Crippen LogP contribution in [-0.4, -0.2) is 16.0 Å². The van der Waals surface area contributed by atoms with E-state index in [1.165, 1.54) is 30.5 Å². The normalized spacial score (nSPS) is 11.5. The molecule has 0 spiro atoms. The summed E-state index contributed by atoms with van der Waals surface area (Å²) in [5, 5.41) is 19.7. The van der Waals surface area contributed by atoms with Crippen molar-refractivity contribution in [3.05, 3.63) is 59.0 Å². The van der Waals surface area contributed by atoms with Gasteiger partial charge in [-0.25, -0.2) is 0 Å². The number of phenolic OH excluding ortho intramolecular Hbond substituents is 1. The molecule has 0 amide bonds. The Hall–Kier alpha value is -2.20. The maximum absolute atomic E-state index is 11.6. The molecule has 1 heterocycles. The zero-order chi connectivity index (χ0) is 13.1. The Kier molecular flexibility index (Phi) is 3.39. The van der Waals surface area contributed by atoms with E-state index in [1.807, 2.05) is 0 Å². The van der Waals surface area contributed by atoms with Gasteiger partial charge in [-0.1, -0.05) is 11.6 Å². The summed E-state index contributed by atoms with van der Waals surface area (Å²) in [5.41, 5.74) is 0.0856. The number of phenols is 1. The predicted molar refractivity (Wildman–Crippen MR) is 66.8 cm³/mol. The van der Waals surface area contributed by atoms with Crippen LogP contribution in [-0.2, 0) is 0 Å². The van der Waals surface area contributed by atoms with Gasteiger partial charge in [0.15, 0.2) is 5.76 Å². The van der Waals surface area contributed by atoms with Crippen LogP contribution in [0.3, 0.4) is 0 Å². The summed E-state index contributed by atoms with van der Waals surface area (Å²) < 4.78 is 4.89. The van der Waals surface area contributed by atoms with Gasteiger partial charge in [0.25, 0.3) is 0 Å². The van der Waals surface area contributed by atoms with E-state index in [0.717, 1.165) is 6.08 Å². The smallest absolute Gasteiger partial charge is 0.224 e. The lowest BCUT2D eigenvalue weighted by molar-refractivity contribution is 0.102. The van der Waals surface area contributed by atoms with E-state index < -0.39 is 5.78 Å². The summed E-state index contributed by atoms with van der Waals surface area (Å²) in [7, 11) is 0. The van der Waals surface area contributed by atoms with Crippen LogP contribution < -0.4 is 0 Å².